The average molecular weight is 373 g/mol. The second kappa shape index (κ2) is 8.29. The summed E-state index contributed by atoms with van der Waals surface area (Å²) in [4.78, 5) is 14.8. The molecule has 0 bridgehead atoms. The van der Waals surface area contributed by atoms with E-state index in [1.165, 1.54) is 12.1 Å². The van der Waals surface area contributed by atoms with E-state index in [-0.39, 0.29) is 11.9 Å². The Bertz CT molecular complexity index is 811. The molecule has 2 aromatic carbocycles. The first-order chi connectivity index (χ1) is 13.0. The first kappa shape index (κ1) is 19.0. The van der Waals surface area contributed by atoms with E-state index in [2.05, 4.69) is 0 Å². The van der Waals surface area contributed by atoms with Gasteiger partial charge >= 0.3 is 0 Å². The summed E-state index contributed by atoms with van der Waals surface area (Å²) in [6.07, 6.45) is 1.04. The number of carbonyl (C=O) groups excluding carboxylic acids is 1. The fraction of sp³-hybridized carbons (Fsp3) is 0.381. The van der Waals surface area contributed by atoms with Crippen LogP contribution in [0.25, 0.3) is 0 Å². The quantitative estimate of drug-likeness (QED) is 0.769. The zero-order valence-electron chi connectivity index (χ0n) is 15.8. The van der Waals surface area contributed by atoms with Gasteiger partial charge in [0.05, 0.1) is 20.3 Å². The SMILES string of the molecule is COc1ccc([C@H]2CCCN2C(=O)[C@@H](C)Oc2cccc(F)c2)c(OC)c1. The summed E-state index contributed by atoms with van der Waals surface area (Å²) in [5, 5.41) is 0. The molecular weight excluding hydrogens is 349 g/mol. The van der Waals surface area contributed by atoms with Crippen molar-refractivity contribution in [3.63, 3.8) is 0 Å². The molecule has 0 unspecified atom stereocenters. The van der Waals surface area contributed by atoms with Crippen molar-refractivity contribution in [2.45, 2.75) is 31.9 Å². The maximum Gasteiger partial charge on any atom is 0.263 e. The highest BCUT2D eigenvalue weighted by Crippen LogP contribution is 2.39. The van der Waals surface area contributed by atoms with Crippen LogP contribution in [0.2, 0.25) is 0 Å². The molecule has 0 spiro atoms. The van der Waals surface area contributed by atoms with E-state index in [4.69, 9.17) is 14.2 Å². The smallest absolute Gasteiger partial charge is 0.263 e. The summed E-state index contributed by atoms with van der Waals surface area (Å²) in [6, 6.07) is 11.4. The van der Waals surface area contributed by atoms with Gasteiger partial charge in [-0.15, -0.1) is 0 Å². The molecule has 1 amide bonds. The first-order valence-corrected chi connectivity index (χ1v) is 8.98. The summed E-state index contributed by atoms with van der Waals surface area (Å²) in [7, 11) is 3.21. The molecule has 1 saturated heterocycles. The maximum atomic E-state index is 13.3. The zero-order chi connectivity index (χ0) is 19.4. The average Bonchev–Trinajstić information content (AvgIpc) is 3.16. The van der Waals surface area contributed by atoms with Crippen molar-refractivity contribution in [1.29, 1.82) is 0 Å². The van der Waals surface area contributed by atoms with Crippen molar-refractivity contribution in [3.8, 4) is 17.2 Å². The number of amides is 1. The lowest BCUT2D eigenvalue weighted by Gasteiger charge is -2.29. The van der Waals surface area contributed by atoms with E-state index < -0.39 is 11.9 Å². The molecule has 1 aliphatic heterocycles. The van der Waals surface area contributed by atoms with Gasteiger partial charge in [0.25, 0.3) is 5.91 Å². The van der Waals surface area contributed by atoms with E-state index in [1.807, 2.05) is 23.1 Å². The minimum atomic E-state index is -0.711. The number of halogens is 1. The molecule has 2 aromatic rings. The molecule has 1 fully saturated rings. The second-order valence-electron chi connectivity index (χ2n) is 6.51. The molecule has 27 heavy (non-hydrogen) atoms. The predicted octanol–water partition coefficient (Wildman–Crippen LogP) is 3.97. The lowest BCUT2D eigenvalue weighted by atomic mass is 10.0. The Morgan fingerprint density at radius 1 is 1.15 bits per heavy atom. The van der Waals surface area contributed by atoms with Crippen LogP contribution >= 0.6 is 0 Å². The van der Waals surface area contributed by atoms with Gasteiger partial charge in [0.15, 0.2) is 6.10 Å². The maximum absolute atomic E-state index is 13.3. The molecule has 6 heteroatoms. The van der Waals surface area contributed by atoms with Crippen molar-refractivity contribution in [2.75, 3.05) is 20.8 Å². The van der Waals surface area contributed by atoms with Gasteiger partial charge in [-0.05, 0) is 44.0 Å². The van der Waals surface area contributed by atoms with Crippen LogP contribution in [-0.4, -0.2) is 37.7 Å². The van der Waals surface area contributed by atoms with Gasteiger partial charge in [-0.25, -0.2) is 4.39 Å². The van der Waals surface area contributed by atoms with Crippen molar-refractivity contribution < 1.29 is 23.4 Å². The van der Waals surface area contributed by atoms with Crippen molar-refractivity contribution in [3.05, 3.63) is 53.8 Å². The monoisotopic (exact) mass is 373 g/mol. The second-order valence-corrected chi connectivity index (χ2v) is 6.51. The molecule has 144 valence electrons. The van der Waals surface area contributed by atoms with Gasteiger partial charge < -0.3 is 19.1 Å². The third kappa shape index (κ3) is 4.15. The minimum absolute atomic E-state index is 0.0862. The van der Waals surface area contributed by atoms with E-state index in [1.54, 1.807) is 33.3 Å². The number of nitrogens with zero attached hydrogens (tertiary/aromatic N) is 1. The Labute approximate surface area is 158 Å². The van der Waals surface area contributed by atoms with Gasteiger partial charge in [-0.1, -0.05) is 6.07 Å². The molecule has 0 saturated carbocycles. The molecule has 0 N–H and O–H groups in total. The standard InChI is InChI=1S/C21H24FNO4/c1-14(27-17-7-4-6-15(22)12-17)21(24)23-11-5-8-19(23)18-10-9-16(25-2)13-20(18)26-3/h4,6-7,9-10,12-14,19H,5,8,11H2,1-3H3/t14-,19-/m1/s1. The Kier molecular flexibility index (Phi) is 5.84. The van der Waals surface area contributed by atoms with Crippen LogP contribution in [0.3, 0.4) is 0 Å². The Balaban J connectivity index is 1.78. The third-order valence-electron chi connectivity index (χ3n) is 4.79. The fourth-order valence-electron chi connectivity index (χ4n) is 3.48. The highest BCUT2D eigenvalue weighted by atomic mass is 19.1. The molecule has 0 aromatic heterocycles. The number of benzene rings is 2. The van der Waals surface area contributed by atoms with Gasteiger partial charge in [0.2, 0.25) is 0 Å². The molecule has 2 atom stereocenters. The molecule has 0 radical (unpaired) electrons. The lowest BCUT2D eigenvalue weighted by Crippen LogP contribution is -2.40. The Hall–Kier alpha value is -2.76. The van der Waals surface area contributed by atoms with Crippen molar-refractivity contribution in [1.82, 2.24) is 4.90 Å². The van der Waals surface area contributed by atoms with E-state index >= 15 is 0 Å². The molecular formula is C21H24FNO4. The first-order valence-electron chi connectivity index (χ1n) is 8.98. The number of methoxy groups -OCH3 is 2. The minimum Gasteiger partial charge on any atom is -0.497 e. The predicted molar refractivity (Wildman–Crippen MR) is 99.7 cm³/mol. The molecule has 1 aliphatic rings. The number of ether oxygens (including phenoxy) is 3. The Morgan fingerprint density at radius 3 is 2.67 bits per heavy atom. The van der Waals surface area contributed by atoms with Crippen LogP contribution in [0.4, 0.5) is 4.39 Å². The molecule has 5 nitrogen and oxygen atoms in total. The molecule has 1 heterocycles. The number of rotatable bonds is 6. The van der Waals surface area contributed by atoms with Gasteiger partial charge in [-0.2, -0.15) is 0 Å². The Morgan fingerprint density at radius 2 is 1.96 bits per heavy atom. The topological polar surface area (TPSA) is 48.0 Å². The van der Waals surface area contributed by atoms with Crippen LogP contribution in [0.15, 0.2) is 42.5 Å². The number of hydrogen-bond donors (Lipinski definition) is 0. The van der Waals surface area contributed by atoms with E-state index in [0.717, 1.165) is 18.4 Å². The number of likely N-dealkylation sites (tertiary alicyclic amines) is 1. The highest BCUT2D eigenvalue weighted by molar-refractivity contribution is 5.81. The van der Waals surface area contributed by atoms with E-state index in [9.17, 15) is 9.18 Å². The van der Waals surface area contributed by atoms with Gasteiger partial charge in [0.1, 0.15) is 23.1 Å². The van der Waals surface area contributed by atoms with Gasteiger partial charge in [-0.3, -0.25) is 4.79 Å². The lowest BCUT2D eigenvalue weighted by molar-refractivity contribution is -0.139. The molecule has 3 rings (SSSR count). The van der Waals surface area contributed by atoms with Crippen LogP contribution < -0.4 is 14.2 Å². The fourth-order valence-corrected chi connectivity index (χ4v) is 3.48. The third-order valence-corrected chi connectivity index (χ3v) is 4.79. The number of carbonyl (C=O) groups is 1. The van der Waals surface area contributed by atoms with Crippen molar-refractivity contribution >= 4 is 5.91 Å². The largest absolute Gasteiger partial charge is 0.497 e. The number of hydrogen-bond acceptors (Lipinski definition) is 4. The summed E-state index contributed by atoms with van der Waals surface area (Å²) in [6.45, 7) is 2.34. The van der Waals surface area contributed by atoms with Crippen LogP contribution in [0.1, 0.15) is 31.4 Å². The van der Waals surface area contributed by atoms with Crippen LogP contribution in [-0.2, 0) is 4.79 Å². The van der Waals surface area contributed by atoms with Crippen molar-refractivity contribution in [2.24, 2.45) is 0 Å². The summed E-state index contributed by atoms with van der Waals surface area (Å²) < 4.78 is 29.8. The summed E-state index contributed by atoms with van der Waals surface area (Å²) >= 11 is 0. The van der Waals surface area contributed by atoms with Crippen LogP contribution in [0, 0.1) is 5.82 Å². The zero-order valence-corrected chi connectivity index (χ0v) is 15.8. The molecule has 0 aliphatic carbocycles. The van der Waals surface area contributed by atoms with Gasteiger partial charge in [0, 0.05) is 24.2 Å². The van der Waals surface area contributed by atoms with E-state index in [0.29, 0.717) is 23.8 Å². The normalized spacial score (nSPS) is 17.5. The summed E-state index contributed by atoms with van der Waals surface area (Å²) in [5.41, 5.74) is 0.946. The highest BCUT2D eigenvalue weighted by Gasteiger charge is 2.34. The summed E-state index contributed by atoms with van der Waals surface area (Å²) in [5.74, 6) is 1.22. The van der Waals surface area contributed by atoms with Crippen LogP contribution in [0.5, 0.6) is 17.2 Å².